The fourth-order valence-electron chi connectivity index (χ4n) is 0.470. The minimum absolute atomic E-state index is 0.190. The van der Waals surface area contributed by atoms with Crippen molar-refractivity contribution in [3.05, 3.63) is 12.8 Å². The number of amidine groups is 1. The number of aliphatic imine (C=N–C) groups is 1. The topological polar surface area (TPSA) is 132 Å². The van der Waals surface area contributed by atoms with Crippen molar-refractivity contribution in [3.63, 3.8) is 0 Å². The first-order valence-corrected chi connectivity index (χ1v) is 2.91. The van der Waals surface area contributed by atoms with Crippen molar-refractivity contribution in [1.29, 1.82) is 0 Å². The van der Waals surface area contributed by atoms with Crippen molar-refractivity contribution in [2.45, 2.75) is 0 Å². The van der Waals surface area contributed by atoms with Gasteiger partial charge in [-0.1, -0.05) is 6.58 Å². The van der Waals surface area contributed by atoms with Crippen LogP contribution in [0.25, 0.3) is 0 Å². The highest BCUT2D eigenvalue weighted by Gasteiger charge is 2.10. The Hall–Kier alpha value is -1.89. The number of primary amides is 1. The molecule has 7 heteroatoms. The van der Waals surface area contributed by atoms with Crippen molar-refractivity contribution >= 4 is 17.5 Å². The minimum Gasteiger partial charge on any atom is -0.380 e. The fourth-order valence-corrected chi connectivity index (χ4v) is 0.470. The molecule has 0 saturated carbocycles. The molecule has 1 amide bonds. The molecule has 0 heterocycles. The number of rotatable bonds is 4. The van der Waals surface area contributed by atoms with E-state index in [-0.39, 0.29) is 11.5 Å². The first-order chi connectivity index (χ1) is 5.63. The fraction of sp³-hybridized carbons (Fsp3) is 0. The summed E-state index contributed by atoms with van der Waals surface area (Å²) in [6.07, 6.45) is 1.12. The van der Waals surface area contributed by atoms with E-state index >= 15 is 0 Å². The third-order valence-corrected chi connectivity index (χ3v) is 0.881. The third kappa shape index (κ3) is 2.80. The van der Waals surface area contributed by atoms with Gasteiger partial charge < -0.3 is 11.5 Å². The Bertz CT molecular complexity index is 242. The molecule has 0 saturated heterocycles. The van der Waals surface area contributed by atoms with Gasteiger partial charge >= 0.3 is 0 Å². The lowest BCUT2D eigenvalue weighted by atomic mass is 10.3. The second-order valence-corrected chi connectivity index (χ2v) is 1.65. The average Bonchev–Trinajstić information content (AvgIpc) is 1.99. The highest BCUT2D eigenvalue weighted by atomic mass is 16.1. The van der Waals surface area contributed by atoms with Crippen LogP contribution in [0.4, 0.5) is 0 Å². The minimum atomic E-state index is -0.800. The van der Waals surface area contributed by atoms with Crippen LogP contribution >= 0.6 is 0 Å². The molecule has 0 fully saturated rings. The molecule has 0 atom stereocenters. The maximum atomic E-state index is 10.6. The quantitative estimate of drug-likeness (QED) is 0.165. The molecule has 0 spiro atoms. The molecule has 66 valence electrons. The predicted octanol–water partition coefficient (Wildman–Crippen LogP) is -2.21. The van der Waals surface area contributed by atoms with Gasteiger partial charge in [-0.05, 0) is 0 Å². The molecule has 12 heavy (non-hydrogen) atoms. The first-order valence-electron chi connectivity index (χ1n) is 2.91. The molecular weight excluding hydrogens is 160 g/mol. The number of amides is 1. The van der Waals surface area contributed by atoms with Gasteiger partial charge in [-0.15, -0.1) is 5.10 Å². The normalized spacial score (nSPS) is 12.4. The van der Waals surface area contributed by atoms with E-state index in [2.05, 4.69) is 16.7 Å². The molecule has 0 radical (unpaired) electrons. The average molecular weight is 170 g/mol. The lowest BCUT2D eigenvalue weighted by Gasteiger charge is -1.98. The highest BCUT2D eigenvalue weighted by molar-refractivity contribution is 6.66. The second-order valence-electron chi connectivity index (χ2n) is 1.65. The summed E-state index contributed by atoms with van der Waals surface area (Å²) in [5.74, 6) is 3.82. The molecule has 7 nitrogen and oxygen atoms in total. The van der Waals surface area contributed by atoms with E-state index in [1.54, 1.807) is 0 Å². The molecule has 0 aliphatic rings. The molecule has 0 bridgehead atoms. The summed E-state index contributed by atoms with van der Waals surface area (Å²) in [6, 6.07) is 0. The zero-order valence-corrected chi connectivity index (χ0v) is 6.32. The Kier molecular flexibility index (Phi) is 4.09. The zero-order chi connectivity index (χ0) is 9.56. The number of hydrogen-bond donors (Lipinski definition) is 4. The molecule has 0 unspecified atom stereocenters. The van der Waals surface area contributed by atoms with Gasteiger partial charge in [0, 0.05) is 6.20 Å². The van der Waals surface area contributed by atoms with Crippen LogP contribution in [0.3, 0.4) is 0 Å². The van der Waals surface area contributed by atoms with Crippen molar-refractivity contribution in [2.75, 3.05) is 0 Å². The van der Waals surface area contributed by atoms with E-state index in [9.17, 15) is 4.79 Å². The first kappa shape index (κ1) is 10.1. The summed E-state index contributed by atoms with van der Waals surface area (Å²) in [6.45, 7) is 3.27. The van der Waals surface area contributed by atoms with E-state index < -0.39 is 5.91 Å². The molecular formula is C5H10N6O. The summed E-state index contributed by atoms with van der Waals surface area (Å²) >= 11 is 0. The number of hydrazone groups is 1. The number of carbonyl (C=O) groups excluding carboxylic acids is 1. The van der Waals surface area contributed by atoms with Gasteiger partial charge in [-0.25, -0.2) is 16.4 Å². The number of nitrogens with two attached hydrogens (primary N) is 3. The summed E-state index contributed by atoms with van der Waals surface area (Å²) in [7, 11) is 0. The predicted molar refractivity (Wildman–Crippen MR) is 45.8 cm³/mol. The Morgan fingerprint density at radius 2 is 2.08 bits per heavy atom. The van der Waals surface area contributed by atoms with E-state index in [0.717, 1.165) is 6.20 Å². The smallest absolute Gasteiger partial charge is 0.271 e. The SMILES string of the molecule is C=CN=C(C(N)=O)/C(N)=N/NN. The van der Waals surface area contributed by atoms with Crippen LogP contribution in [0.5, 0.6) is 0 Å². The van der Waals surface area contributed by atoms with Gasteiger partial charge in [0.2, 0.25) is 0 Å². The number of carbonyl (C=O) groups is 1. The lowest BCUT2D eigenvalue weighted by molar-refractivity contribution is -0.111. The third-order valence-electron chi connectivity index (χ3n) is 0.881. The molecule has 0 aromatic heterocycles. The van der Waals surface area contributed by atoms with Crippen LogP contribution in [0.2, 0.25) is 0 Å². The molecule has 0 rings (SSSR count). The van der Waals surface area contributed by atoms with Gasteiger partial charge in [0.15, 0.2) is 11.5 Å². The molecule has 0 aromatic rings. The van der Waals surface area contributed by atoms with Crippen LogP contribution in [0, 0.1) is 0 Å². The van der Waals surface area contributed by atoms with Gasteiger partial charge in [0.25, 0.3) is 5.91 Å². The molecule has 0 aliphatic carbocycles. The van der Waals surface area contributed by atoms with Gasteiger partial charge in [0.05, 0.1) is 0 Å². The summed E-state index contributed by atoms with van der Waals surface area (Å²) in [5, 5.41) is 3.31. The van der Waals surface area contributed by atoms with Crippen LogP contribution in [0.1, 0.15) is 0 Å². The van der Waals surface area contributed by atoms with E-state index in [4.69, 9.17) is 17.3 Å². The summed E-state index contributed by atoms with van der Waals surface area (Å²) in [4.78, 5) is 14.1. The number of hydrogen-bond acceptors (Lipinski definition) is 5. The van der Waals surface area contributed by atoms with Crippen LogP contribution < -0.4 is 22.8 Å². The maximum absolute atomic E-state index is 10.6. The molecule has 0 aromatic carbocycles. The van der Waals surface area contributed by atoms with E-state index in [1.807, 2.05) is 5.53 Å². The van der Waals surface area contributed by atoms with Gasteiger partial charge in [-0.3, -0.25) is 4.79 Å². The zero-order valence-electron chi connectivity index (χ0n) is 6.32. The Balaban J connectivity index is 4.75. The van der Waals surface area contributed by atoms with Crippen molar-refractivity contribution in [1.82, 2.24) is 5.53 Å². The maximum Gasteiger partial charge on any atom is 0.271 e. The Morgan fingerprint density at radius 1 is 1.50 bits per heavy atom. The van der Waals surface area contributed by atoms with Crippen molar-refractivity contribution < 1.29 is 4.79 Å². The number of nitrogens with zero attached hydrogens (tertiary/aromatic N) is 2. The standard InChI is InChI=1S/C5H10N6O/c1-2-9-3(5(7)12)4(6)10-11-8/h2,11H,1,8H2,(H2,6,10)(H2,7,12). The summed E-state index contributed by atoms with van der Waals surface area (Å²) < 4.78 is 0. The highest BCUT2D eigenvalue weighted by Crippen LogP contribution is 1.79. The van der Waals surface area contributed by atoms with Crippen LogP contribution in [-0.4, -0.2) is 17.5 Å². The van der Waals surface area contributed by atoms with Gasteiger partial charge in [-0.2, -0.15) is 0 Å². The molecule has 0 aliphatic heterocycles. The van der Waals surface area contributed by atoms with Crippen molar-refractivity contribution in [2.24, 2.45) is 27.4 Å². The summed E-state index contributed by atoms with van der Waals surface area (Å²) in [5.41, 5.74) is 11.9. The number of hydrazine groups is 1. The van der Waals surface area contributed by atoms with Crippen LogP contribution in [0.15, 0.2) is 22.9 Å². The van der Waals surface area contributed by atoms with E-state index in [0.29, 0.717) is 0 Å². The lowest BCUT2D eigenvalue weighted by Crippen LogP contribution is -2.37. The van der Waals surface area contributed by atoms with Crippen LogP contribution in [-0.2, 0) is 4.79 Å². The van der Waals surface area contributed by atoms with Crippen molar-refractivity contribution in [3.8, 4) is 0 Å². The van der Waals surface area contributed by atoms with E-state index in [1.165, 1.54) is 0 Å². The van der Waals surface area contributed by atoms with Gasteiger partial charge in [0.1, 0.15) is 0 Å². The second kappa shape index (κ2) is 4.85. The Morgan fingerprint density at radius 3 is 2.42 bits per heavy atom. The monoisotopic (exact) mass is 170 g/mol. The largest absolute Gasteiger partial charge is 0.380 e. The molecule has 7 N–H and O–H groups in total. The number of nitrogens with one attached hydrogen (secondary N) is 1. The Labute approximate surface area is 69.0 Å².